The van der Waals surface area contributed by atoms with Crippen LogP contribution in [-0.4, -0.2) is 47.1 Å². The van der Waals surface area contributed by atoms with Gasteiger partial charge in [0.15, 0.2) is 6.10 Å². The van der Waals surface area contributed by atoms with Gasteiger partial charge in [-0.25, -0.2) is 0 Å². The fourth-order valence-electron chi connectivity index (χ4n) is 2.87. The van der Waals surface area contributed by atoms with E-state index in [0.29, 0.717) is 0 Å². The lowest BCUT2D eigenvalue weighted by Crippen LogP contribution is -2.39. The highest BCUT2D eigenvalue weighted by molar-refractivity contribution is 8.01. The largest absolute Gasteiger partial charge is 0.452 e. The van der Waals surface area contributed by atoms with E-state index in [1.165, 1.54) is 11.8 Å². The first-order valence-electron chi connectivity index (χ1n) is 8.09. The zero-order chi connectivity index (χ0) is 17.1. The Morgan fingerprint density at radius 2 is 2.04 bits per heavy atom. The van der Waals surface area contributed by atoms with Crippen molar-refractivity contribution in [1.29, 1.82) is 0 Å². The molecular weight excluding hydrogens is 328 g/mol. The minimum Gasteiger partial charge on any atom is -0.452 e. The molecule has 0 aromatic heterocycles. The fraction of sp³-hybridized carbons (Fsp3) is 0.471. The summed E-state index contributed by atoms with van der Waals surface area (Å²) in [6, 6.07) is 7.46. The molecule has 2 aliphatic rings. The third-order valence-corrected chi connectivity index (χ3v) is 5.41. The topological polar surface area (TPSA) is 75.7 Å². The van der Waals surface area contributed by atoms with Crippen LogP contribution in [0.3, 0.4) is 0 Å². The van der Waals surface area contributed by atoms with E-state index in [4.69, 9.17) is 4.74 Å². The summed E-state index contributed by atoms with van der Waals surface area (Å²) in [6.07, 6.45) is 1.12. The number of carbonyl (C=O) groups excluding carboxylic acids is 3. The first kappa shape index (κ1) is 16.8. The Hall–Kier alpha value is -2.02. The van der Waals surface area contributed by atoms with Crippen molar-refractivity contribution in [3.8, 4) is 0 Å². The van der Waals surface area contributed by atoms with Crippen molar-refractivity contribution in [2.75, 3.05) is 18.4 Å². The van der Waals surface area contributed by atoms with Gasteiger partial charge in [-0.1, -0.05) is 12.1 Å². The number of fused-ring (bicyclic) bond motifs is 1. The number of carbonyl (C=O) groups is 3. The molecule has 1 aromatic rings. The van der Waals surface area contributed by atoms with Crippen LogP contribution >= 0.6 is 11.8 Å². The molecule has 0 unspecified atom stereocenters. The van der Waals surface area contributed by atoms with Crippen LogP contribution in [0.5, 0.6) is 0 Å². The van der Waals surface area contributed by atoms with Crippen LogP contribution in [0.1, 0.15) is 26.2 Å². The normalized spacial score (nSPS) is 21.0. The van der Waals surface area contributed by atoms with Crippen LogP contribution < -0.4 is 5.32 Å². The lowest BCUT2D eigenvalue weighted by atomic mass is 10.2. The monoisotopic (exact) mass is 348 g/mol. The van der Waals surface area contributed by atoms with E-state index < -0.39 is 17.3 Å². The lowest BCUT2D eigenvalue weighted by molar-refractivity contribution is -0.158. The highest BCUT2D eigenvalue weighted by Crippen LogP contribution is 2.36. The van der Waals surface area contributed by atoms with Crippen LogP contribution in [0.2, 0.25) is 0 Å². The van der Waals surface area contributed by atoms with E-state index in [1.54, 1.807) is 11.8 Å². The van der Waals surface area contributed by atoms with Gasteiger partial charge in [-0.15, -0.1) is 11.8 Å². The maximum atomic E-state index is 12.2. The highest BCUT2D eigenvalue weighted by atomic mass is 32.2. The summed E-state index contributed by atoms with van der Waals surface area (Å²) in [7, 11) is 0. The summed E-state index contributed by atoms with van der Waals surface area (Å²) in [6.45, 7) is 3.03. The second kappa shape index (κ2) is 7.25. The van der Waals surface area contributed by atoms with Gasteiger partial charge in [-0.2, -0.15) is 0 Å². The van der Waals surface area contributed by atoms with Crippen LogP contribution in [0.4, 0.5) is 5.69 Å². The van der Waals surface area contributed by atoms with E-state index >= 15 is 0 Å². The molecule has 2 heterocycles. The molecule has 0 bridgehead atoms. The summed E-state index contributed by atoms with van der Waals surface area (Å²) >= 11 is 1.35. The minimum atomic E-state index is -0.806. The molecule has 6 nitrogen and oxygen atoms in total. The summed E-state index contributed by atoms with van der Waals surface area (Å²) in [5.74, 6) is -0.900. The van der Waals surface area contributed by atoms with Crippen molar-refractivity contribution in [2.45, 2.75) is 42.4 Å². The number of nitrogens with zero attached hydrogens (tertiary/aromatic N) is 1. The molecule has 2 amide bonds. The molecule has 1 aromatic carbocycles. The Kier molecular flexibility index (Phi) is 5.08. The average Bonchev–Trinajstić information content (AvgIpc) is 3.09. The number of hydrogen-bond acceptors (Lipinski definition) is 5. The van der Waals surface area contributed by atoms with Gasteiger partial charge in [-0.3, -0.25) is 14.4 Å². The smallest absolute Gasteiger partial charge is 0.308 e. The predicted molar refractivity (Wildman–Crippen MR) is 90.7 cm³/mol. The maximum absolute atomic E-state index is 12.2. The second-order valence-corrected chi connectivity index (χ2v) is 7.21. The van der Waals surface area contributed by atoms with Gasteiger partial charge < -0.3 is 15.0 Å². The van der Waals surface area contributed by atoms with Crippen molar-refractivity contribution < 1.29 is 19.1 Å². The third kappa shape index (κ3) is 3.72. The zero-order valence-corrected chi connectivity index (χ0v) is 14.3. The van der Waals surface area contributed by atoms with E-state index in [9.17, 15) is 14.4 Å². The molecule has 0 aliphatic carbocycles. The number of hydrogen-bond donors (Lipinski definition) is 1. The number of benzene rings is 1. The van der Waals surface area contributed by atoms with Crippen molar-refractivity contribution >= 4 is 35.2 Å². The number of para-hydroxylation sites is 1. The maximum Gasteiger partial charge on any atom is 0.308 e. The Morgan fingerprint density at radius 1 is 1.33 bits per heavy atom. The molecule has 24 heavy (non-hydrogen) atoms. The Morgan fingerprint density at radius 3 is 2.79 bits per heavy atom. The van der Waals surface area contributed by atoms with Gasteiger partial charge in [0, 0.05) is 18.0 Å². The van der Waals surface area contributed by atoms with Crippen LogP contribution in [0.25, 0.3) is 0 Å². The van der Waals surface area contributed by atoms with Crippen molar-refractivity contribution in [1.82, 2.24) is 4.90 Å². The molecule has 1 N–H and O–H groups in total. The molecule has 3 rings (SSSR count). The molecule has 0 saturated carbocycles. The van der Waals surface area contributed by atoms with Crippen LogP contribution in [0.15, 0.2) is 29.2 Å². The number of likely N-dealkylation sites (tertiary alicyclic amines) is 1. The van der Waals surface area contributed by atoms with E-state index in [1.807, 2.05) is 24.3 Å². The Balaban J connectivity index is 1.55. The summed E-state index contributed by atoms with van der Waals surface area (Å²) < 4.78 is 5.24. The minimum absolute atomic E-state index is 0.0531. The molecule has 7 heteroatoms. The molecule has 1 fully saturated rings. The lowest BCUT2D eigenvalue weighted by Gasteiger charge is -2.24. The second-order valence-electron chi connectivity index (χ2n) is 5.96. The van der Waals surface area contributed by atoms with Gasteiger partial charge in [-0.05, 0) is 31.9 Å². The van der Waals surface area contributed by atoms with Crippen molar-refractivity contribution in [3.63, 3.8) is 0 Å². The summed E-state index contributed by atoms with van der Waals surface area (Å²) in [4.78, 5) is 39.0. The summed E-state index contributed by atoms with van der Waals surface area (Å²) in [5, 5.41) is 2.25. The molecule has 2 aliphatic heterocycles. The van der Waals surface area contributed by atoms with Gasteiger partial charge in [0.25, 0.3) is 5.91 Å². The molecule has 0 radical (unpaired) electrons. The van der Waals surface area contributed by atoms with Crippen LogP contribution in [0, 0.1) is 0 Å². The SMILES string of the molecule is C[C@H](OC(=O)C[C@H]1Sc2ccccc2NC1=O)C(=O)N1CCCC1. The number of ether oxygens (including phenoxy) is 1. The Labute approximate surface area is 144 Å². The Bertz CT molecular complexity index is 658. The van der Waals surface area contributed by atoms with Crippen molar-refractivity contribution in [2.24, 2.45) is 0 Å². The molecule has 0 spiro atoms. The van der Waals surface area contributed by atoms with Gasteiger partial charge in [0.05, 0.1) is 17.4 Å². The van der Waals surface area contributed by atoms with Gasteiger partial charge in [0.1, 0.15) is 0 Å². The third-order valence-electron chi connectivity index (χ3n) is 4.13. The number of nitrogens with one attached hydrogen (secondary N) is 1. The average molecular weight is 348 g/mol. The molecule has 2 atom stereocenters. The number of thioether (sulfide) groups is 1. The van der Waals surface area contributed by atoms with Crippen molar-refractivity contribution in [3.05, 3.63) is 24.3 Å². The summed E-state index contributed by atoms with van der Waals surface area (Å²) in [5.41, 5.74) is 0.759. The fourth-order valence-corrected chi connectivity index (χ4v) is 3.96. The first-order chi connectivity index (χ1) is 11.5. The zero-order valence-electron chi connectivity index (χ0n) is 13.5. The van der Waals surface area contributed by atoms with Gasteiger partial charge in [0.2, 0.25) is 5.91 Å². The number of amides is 2. The number of esters is 1. The molecular formula is C17H20N2O4S. The first-order valence-corrected chi connectivity index (χ1v) is 8.97. The quantitative estimate of drug-likeness (QED) is 0.843. The standard InChI is InChI=1S/C17H20N2O4S/c1-11(17(22)19-8-4-5-9-19)23-15(20)10-14-16(21)18-12-6-2-3-7-13(12)24-14/h2-3,6-7,11,14H,4-5,8-10H2,1H3,(H,18,21)/t11-,14+/m0/s1. The van der Waals surface area contributed by atoms with E-state index in [2.05, 4.69) is 5.32 Å². The number of rotatable bonds is 4. The molecule has 128 valence electrons. The van der Waals surface area contributed by atoms with E-state index in [-0.39, 0.29) is 18.2 Å². The number of anilines is 1. The predicted octanol–water partition coefficient (Wildman–Crippen LogP) is 2.04. The van der Waals surface area contributed by atoms with Gasteiger partial charge >= 0.3 is 5.97 Å². The van der Waals surface area contributed by atoms with E-state index in [0.717, 1.165) is 36.5 Å². The molecule has 1 saturated heterocycles. The highest BCUT2D eigenvalue weighted by Gasteiger charge is 2.31. The van der Waals surface area contributed by atoms with Crippen LogP contribution in [-0.2, 0) is 19.1 Å².